The van der Waals surface area contributed by atoms with E-state index < -0.39 is 124 Å². The molecule has 0 bridgehead atoms. The molecule has 3 saturated heterocycles. The topological polar surface area (TPSA) is 307 Å². The molecular formula is C70H121NO18. The summed E-state index contributed by atoms with van der Waals surface area (Å²) in [5, 5.41) is 119. The average molecular weight is 1260 g/mol. The molecule has 1 amide bonds. The van der Waals surface area contributed by atoms with E-state index in [0.29, 0.717) is 12.8 Å². The van der Waals surface area contributed by atoms with Crippen molar-refractivity contribution < 1.29 is 89.4 Å². The molecule has 3 aliphatic rings. The third kappa shape index (κ3) is 33.6. The first-order valence-corrected chi connectivity index (χ1v) is 34.3. The fraction of sp³-hybridized carbons (Fsp3) is 0.786. The first kappa shape index (κ1) is 80.2. The molecule has 3 fully saturated rings. The summed E-state index contributed by atoms with van der Waals surface area (Å²) in [5.74, 6) is -0.288. The van der Waals surface area contributed by atoms with E-state index in [1.807, 2.05) is 6.92 Å². The number of allylic oxidation sites excluding steroid dienone is 13. The lowest BCUT2D eigenvalue weighted by Crippen LogP contribution is -2.66. The van der Waals surface area contributed by atoms with Gasteiger partial charge in [0.05, 0.1) is 38.6 Å². The van der Waals surface area contributed by atoms with Crippen LogP contribution in [0, 0.1) is 0 Å². The highest BCUT2D eigenvalue weighted by Gasteiger charge is 2.53. The van der Waals surface area contributed by atoms with E-state index in [9.17, 15) is 61.0 Å². The lowest BCUT2D eigenvalue weighted by molar-refractivity contribution is -0.379. The van der Waals surface area contributed by atoms with Gasteiger partial charge in [0.1, 0.15) is 73.2 Å². The first-order valence-electron chi connectivity index (χ1n) is 34.3. The van der Waals surface area contributed by atoms with Crippen molar-refractivity contribution in [3.8, 4) is 0 Å². The standard InChI is InChI=1S/C70H121NO18/c1-3-5-7-8-9-10-11-12-13-14-15-16-17-18-19-20-21-22-23-24-25-26-27-28-29-30-31-32-33-34-35-36-37-38-39-40-41-42-43-44-46-48-58(76)71-53(54(75)47-45-6-4-2)52-84-68-64(82)61(79)66(56(50-73)86-68)89-70-65(83)62(80)67(57(51-74)87-70)88-69-63(81)60(78)59(77)55(49-72)85-69/h5,7,9-10,12-13,15-16,18-19,21-22,45,47,53-57,59-70,72-75,77-83H,3-4,6,8,11,14,17,20,23-44,46,48-52H2,1-2H3,(H,71,76)/b7-5-,10-9-,13-12-,16-15-,19-18-,22-21-,47-45+. The van der Waals surface area contributed by atoms with Crippen LogP contribution in [0.1, 0.15) is 219 Å². The van der Waals surface area contributed by atoms with Gasteiger partial charge in [0.15, 0.2) is 18.9 Å². The van der Waals surface area contributed by atoms with Crippen molar-refractivity contribution >= 4 is 5.91 Å². The molecule has 514 valence electrons. The van der Waals surface area contributed by atoms with Crippen molar-refractivity contribution in [2.45, 2.75) is 324 Å². The quantitative estimate of drug-likeness (QED) is 0.0200. The van der Waals surface area contributed by atoms with Crippen molar-refractivity contribution in [3.05, 3.63) is 85.1 Å². The molecule has 0 saturated carbocycles. The minimum atomic E-state index is -1.98. The summed E-state index contributed by atoms with van der Waals surface area (Å²) < 4.78 is 34.0. The Labute approximate surface area is 533 Å². The average Bonchev–Trinajstić information content (AvgIpc) is 1.74. The largest absolute Gasteiger partial charge is 0.394 e. The van der Waals surface area contributed by atoms with Crippen LogP contribution in [0.25, 0.3) is 0 Å². The fourth-order valence-electron chi connectivity index (χ4n) is 11.1. The van der Waals surface area contributed by atoms with Crippen LogP contribution in [0.5, 0.6) is 0 Å². The van der Waals surface area contributed by atoms with Gasteiger partial charge in [0, 0.05) is 6.42 Å². The summed E-state index contributed by atoms with van der Waals surface area (Å²) in [5.41, 5.74) is 0. The van der Waals surface area contributed by atoms with Gasteiger partial charge in [-0.1, -0.05) is 234 Å². The molecule has 0 radical (unpaired) electrons. The van der Waals surface area contributed by atoms with E-state index in [4.69, 9.17) is 28.4 Å². The predicted molar refractivity (Wildman–Crippen MR) is 346 cm³/mol. The van der Waals surface area contributed by atoms with Crippen LogP contribution in [-0.4, -0.2) is 193 Å². The number of hydrogen-bond acceptors (Lipinski definition) is 18. The molecule has 0 aliphatic carbocycles. The van der Waals surface area contributed by atoms with Crippen molar-refractivity contribution in [2.24, 2.45) is 0 Å². The van der Waals surface area contributed by atoms with Crippen LogP contribution in [0.15, 0.2) is 85.1 Å². The van der Waals surface area contributed by atoms with Crippen molar-refractivity contribution in [1.82, 2.24) is 5.32 Å². The molecule has 3 heterocycles. The minimum Gasteiger partial charge on any atom is -0.394 e. The predicted octanol–water partition coefficient (Wildman–Crippen LogP) is 8.71. The number of aliphatic hydroxyl groups excluding tert-OH is 11. The highest BCUT2D eigenvalue weighted by atomic mass is 16.8. The molecular weight excluding hydrogens is 1140 g/mol. The normalized spacial score (nSPS) is 28.8. The van der Waals surface area contributed by atoms with Gasteiger partial charge in [0.25, 0.3) is 0 Å². The summed E-state index contributed by atoms with van der Waals surface area (Å²) in [7, 11) is 0. The van der Waals surface area contributed by atoms with E-state index in [-0.39, 0.29) is 18.9 Å². The number of amides is 1. The number of unbranched alkanes of at least 4 members (excludes halogenated alkanes) is 23. The number of carbonyl (C=O) groups excluding carboxylic acids is 1. The number of hydrogen-bond donors (Lipinski definition) is 12. The maximum Gasteiger partial charge on any atom is 0.220 e. The van der Waals surface area contributed by atoms with Gasteiger partial charge in [-0.2, -0.15) is 0 Å². The number of rotatable bonds is 51. The molecule has 12 N–H and O–H groups in total. The molecule has 0 aromatic rings. The third-order valence-corrected chi connectivity index (χ3v) is 16.7. The van der Waals surface area contributed by atoms with Crippen LogP contribution in [0.3, 0.4) is 0 Å². The molecule has 89 heavy (non-hydrogen) atoms. The Balaban J connectivity index is 1.18. The summed E-state index contributed by atoms with van der Waals surface area (Å²) in [6, 6.07) is -0.969. The molecule has 17 atom stereocenters. The highest BCUT2D eigenvalue weighted by Crippen LogP contribution is 2.33. The molecule has 0 aromatic heterocycles. The number of carbonyl (C=O) groups is 1. The van der Waals surface area contributed by atoms with Gasteiger partial charge in [-0.25, -0.2) is 0 Å². The van der Waals surface area contributed by atoms with Crippen molar-refractivity contribution in [3.63, 3.8) is 0 Å². The monoisotopic (exact) mass is 1260 g/mol. The first-order chi connectivity index (χ1) is 43.3. The molecule has 3 aliphatic heterocycles. The van der Waals surface area contributed by atoms with Gasteiger partial charge >= 0.3 is 0 Å². The zero-order valence-electron chi connectivity index (χ0n) is 54.1. The zero-order valence-corrected chi connectivity index (χ0v) is 54.1. The second-order valence-electron chi connectivity index (χ2n) is 24.3. The van der Waals surface area contributed by atoms with Gasteiger partial charge in [0.2, 0.25) is 5.91 Å². The molecule has 0 spiro atoms. The van der Waals surface area contributed by atoms with Crippen LogP contribution < -0.4 is 5.32 Å². The summed E-state index contributed by atoms with van der Waals surface area (Å²) in [4.78, 5) is 13.2. The Morgan fingerprint density at radius 2 is 0.775 bits per heavy atom. The Morgan fingerprint density at radius 1 is 0.416 bits per heavy atom. The molecule has 17 unspecified atom stereocenters. The highest BCUT2D eigenvalue weighted by molar-refractivity contribution is 5.76. The van der Waals surface area contributed by atoms with Crippen molar-refractivity contribution in [1.29, 1.82) is 0 Å². The zero-order chi connectivity index (χ0) is 64.7. The van der Waals surface area contributed by atoms with Gasteiger partial charge in [-0.05, 0) is 64.2 Å². The second kappa shape index (κ2) is 51.4. The lowest BCUT2D eigenvalue weighted by atomic mass is 9.96. The Morgan fingerprint density at radius 3 is 1.19 bits per heavy atom. The summed E-state index contributed by atoms with van der Waals surface area (Å²) in [6.45, 7) is 1.36. The Kier molecular flexibility index (Phi) is 46.3. The maximum absolute atomic E-state index is 13.2. The van der Waals surface area contributed by atoms with E-state index in [0.717, 1.165) is 64.2 Å². The van der Waals surface area contributed by atoms with Crippen LogP contribution in [-0.2, 0) is 33.2 Å². The minimum absolute atomic E-state index is 0.240. The van der Waals surface area contributed by atoms with Crippen LogP contribution in [0.4, 0.5) is 0 Å². The molecule has 19 nitrogen and oxygen atoms in total. The smallest absolute Gasteiger partial charge is 0.220 e. The molecule has 19 heteroatoms. The van der Waals surface area contributed by atoms with Gasteiger partial charge in [-0.3, -0.25) is 4.79 Å². The van der Waals surface area contributed by atoms with E-state index in [1.54, 1.807) is 12.2 Å². The van der Waals surface area contributed by atoms with E-state index in [2.05, 4.69) is 85.2 Å². The van der Waals surface area contributed by atoms with Gasteiger partial charge in [-0.15, -0.1) is 0 Å². The SMILES string of the molecule is CC/C=C\C/C=C\C/C=C\C/C=C\C/C=C\C/C=C\CCCCCCCCCCCCCCCCCCCCCCCCC(=O)NC(COC1OC(CO)C(OC2OC(CO)C(OC3OC(CO)C(O)C(O)C3O)C(O)C2O)C(O)C1O)C(O)/C=C/CCC. The second-order valence-corrected chi connectivity index (χ2v) is 24.3. The number of nitrogens with one attached hydrogen (secondary N) is 1. The third-order valence-electron chi connectivity index (χ3n) is 16.7. The Bertz CT molecular complexity index is 1940. The van der Waals surface area contributed by atoms with E-state index >= 15 is 0 Å². The van der Waals surface area contributed by atoms with Crippen LogP contribution in [0.2, 0.25) is 0 Å². The summed E-state index contributed by atoms with van der Waals surface area (Å²) in [6.07, 6.45) is 40.3. The van der Waals surface area contributed by atoms with E-state index in [1.165, 1.54) is 122 Å². The maximum atomic E-state index is 13.2. The fourth-order valence-corrected chi connectivity index (χ4v) is 11.1. The van der Waals surface area contributed by atoms with Gasteiger partial charge < -0.3 is 89.9 Å². The van der Waals surface area contributed by atoms with Crippen LogP contribution >= 0.6 is 0 Å². The molecule has 0 aromatic carbocycles. The Hall–Kier alpha value is -3.03. The number of aliphatic hydroxyl groups is 11. The summed E-state index contributed by atoms with van der Waals surface area (Å²) >= 11 is 0. The lowest BCUT2D eigenvalue weighted by Gasteiger charge is -2.48. The van der Waals surface area contributed by atoms with Crippen molar-refractivity contribution in [2.75, 3.05) is 26.4 Å². The number of ether oxygens (including phenoxy) is 6. The molecule has 3 rings (SSSR count).